The first-order valence-electron chi connectivity index (χ1n) is 8.80. The standard InChI is InChI=1S/C20H28O2/c1-18-10-4-5-17(21)16(18)7-6-13-14(18)8-11-19(2)15(13)9-12-20(19,3)22/h4,6-7,10,13-15,21-22H,5,8-9,11-12H2,1-3H3/t13-,14+,15+,18-,19+,20+/m1/s1. The molecule has 0 heterocycles. The number of fused-ring (bicyclic) bond motifs is 5. The molecular formula is C20H28O2. The van der Waals surface area contributed by atoms with E-state index in [0.29, 0.717) is 29.9 Å². The first kappa shape index (κ1) is 14.6. The molecule has 2 fully saturated rings. The molecule has 2 N–H and O–H groups in total. The summed E-state index contributed by atoms with van der Waals surface area (Å²) in [5.74, 6) is 2.19. The van der Waals surface area contributed by atoms with Gasteiger partial charge in [-0.1, -0.05) is 38.2 Å². The summed E-state index contributed by atoms with van der Waals surface area (Å²) in [7, 11) is 0. The van der Waals surface area contributed by atoms with Gasteiger partial charge in [-0.2, -0.15) is 0 Å². The number of aliphatic hydroxyl groups is 2. The smallest absolute Gasteiger partial charge is 0.100 e. The fraction of sp³-hybridized carbons (Fsp3) is 0.700. The van der Waals surface area contributed by atoms with Crippen LogP contribution in [0.15, 0.2) is 35.6 Å². The molecular weight excluding hydrogens is 272 g/mol. The van der Waals surface area contributed by atoms with E-state index in [1.54, 1.807) is 0 Å². The highest BCUT2D eigenvalue weighted by Crippen LogP contribution is 2.65. The highest BCUT2D eigenvalue weighted by molar-refractivity contribution is 5.42. The van der Waals surface area contributed by atoms with E-state index < -0.39 is 5.60 Å². The Kier molecular flexibility index (Phi) is 2.84. The van der Waals surface area contributed by atoms with Gasteiger partial charge in [-0.25, -0.2) is 0 Å². The van der Waals surface area contributed by atoms with E-state index in [1.165, 1.54) is 0 Å². The molecule has 120 valence electrons. The first-order chi connectivity index (χ1) is 10.3. The predicted molar refractivity (Wildman–Crippen MR) is 88.3 cm³/mol. The van der Waals surface area contributed by atoms with Crippen molar-refractivity contribution in [1.29, 1.82) is 0 Å². The summed E-state index contributed by atoms with van der Waals surface area (Å²) >= 11 is 0. The molecule has 0 amide bonds. The lowest BCUT2D eigenvalue weighted by Crippen LogP contribution is -2.52. The Bertz CT molecular complexity index is 597. The largest absolute Gasteiger partial charge is 0.512 e. The maximum absolute atomic E-state index is 10.9. The molecule has 2 heteroatoms. The van der Waals surface area contributed by atoms with Gasteiger partial charge >= 0.3 is 0 Å². The van der Waals surface area contributed by atoms with Gasteiger partial charge in [0.2, 0.25) is 0 Å². The third-order valence-corrected chi connectivity index (χ3v) is 7.82. The Morgan fingerprint density at radius 1 is 1.09 bits per heavy atom. The molecule has 4 rings (SSSR count). The van der Waals surface area contributed by atoms with E-state index in [9.17, 15) is 10.2 Å². The minimum Gasteiger partial charge on any atom is -0.512 e. The van der Waals surface area contributed by atoms with Crippen molar-refractivity contribution in [3.63, 3.8) is 0 Å². The molecule has 22 heavy (non-hydrogen) atoms. The third-order valence-electron chi connectivity index (χ3n) is 7.82. The molecule has 4 aliphatic carbocycles. The van der Waals surface area contributed by atoms with Gasteiger partial charge in [0.1, 0.15) is 5.76 Å². The van der Waals surface area contributed by atoms with Gasteiger partial charge in [0.15, 0.2) is 0 Å². The van der Waals surface area contributed by atoms with Crippen molar-refractivity contribution in [1.82, 2.24) is 0 Å². The zero-order valence-electron chi connectivity index (χ0n) is 14.0. The molecule has 0 spiro atoms. The van der Waals surface area contributed by atoms with Gasteiger partial charge in [0, 0.05) is 11.8 Å². The average molecular weight is 300 g/mol. The number of hydrogen-bond acceptors (Lipinski definition) is 2. The molecule has 0 radical (unpaired) electrons. The van der Waals surface area contributed by atoms with Crippen LogP contribution in [0.5, 0.6) is 0 Å². The molecule has 0 aromatic carbocycles. The molecule has 0 saturated heterocycles. The summed E-state index contributed by atoms with van der Waals surface area (Å²) in [6.07, 6.45) is 13.9. The van der Waals surface area contributed by atoms with Crippen LogP contribution in [0.3, 0.4) is 0 Å². The molecule has 4 aliphatic rings. The monoisotopic (exact) mass is 300 g/mol. The topological polar surface area (TPSA) is 40.5 Å². The van der Waals surface area contributed by atoms with Crippen molar-refractivity contribution >= 4 is 0 Å². The zero-order chi connectivity index (χ0) is 15.8. The number of aliphatic hydroxyl groups excluding tert-OH is 1. The fourth-order valence-corrected chi connectivity index (χ4v) is 6.14. The minimum absolute atomic E-state index is 0.0302. The van der Waals surface area contributed by atoms with Gasteiger partial charge in [-0.05, 0) is 61.3 Å². The van der Waals surface area contributed by atoms with E-state index in [1.807, 2.05) is 6.92 Å². The van der Waals surface area contributed by atoms with Crippen LogP contribution in [-0.4, -0.2) is 15.8 Å². The Balaban J connectivity index is 1.79. The third kappa shape index (κ3) is 1.60. The lowest BCUT2D eigenvalue weighted by molar-refractivity contribution is -0.0979. The summed E-state index contributed by atoms with van der Waals surface area (Å²) in [5, 5.41) is 21.2. The lowest BCUT2D eigenvalue weighted by Gasteiger charge is -2.56. The first-order valence-corrected chi connectivity index (χ1v) is 8.80. The van der Waals surface area contributed by atoms with E-state index in [0.717, 1.165) is 31.3 Å². The van der Waals surface area contributed by atoms with Crippen LogP contribution in [0, 0.1) is 28.6 Å². The summed E-state index contributed by atoms with van der Waals surface area (Å²) in [4.78, 5) is 0. The zero-order valence-corrected chi connectivity index (χ0v) is 14.0. The molecule has 2 nitrogen and oxygen atoms in total. The van der Waals surface area contributed by atoms with E-state index in [2.05, 4.69) is 38.2 Å². The molecule has 0 aromatic rings. The predicted octanol–water partition coefficient (Wildman–Crippen LogP) is 4.53. The molecule has 2 saturated carbocycles. The molecule has 0 unspecified atom stereocenters. The Morgan fingerprint density at radius 3 is 2.59 bits per heavy atom. The van der Waals surface area contributed by atoms with Crippen LogP contribution >= 0.6 is 0 Å². The van der Waals surface area contributed by atoms with Crippen molar-refractivity contribution in [2.75, 3.05) is 0 Å². The Labute approximate surface area is 133 Å². The highest BCUT2D eigenvalue weighted by atomic mass is 16.3. The van der Waals surface area contributed by atoms with Gasteiger partial charge in [-0.15, -0.1) is 0 Å². The number of rotatable bonds is 0. The molecule has 0 aliphatic heterocycles. The van der Waals surface area contributed by atoms with Crippen molar-refractivity contribution in [3.8, 4) is 0 Å². The van der Waals surface area contributed by atoms with E-state index in [4.69, 9.17) is 0 Å². The summed E-state index contributed by atoms with van der Waals surface area (Å²) in [6, 6.07) is 0. The number of allylic oxidation sites excluding steroid dienone is 5. The second-order valence-electron chi connectivity index (χ2n) is 8.67. The Hall–Kier alpha value is -1.02. The van der Waals surface area contributed by atoms with Crippen molar-refractivity contribution in [2.24, 2.45) is 28.6 Å². The summed E-state index contributed by atoms with van der Waals surface area (Å²) < 4.78 is 0. The summed E-state index contributed by atoms with van der Waals surface area (Å²) in [6.45, 7) is 6.64. The van der Waals surface area contributed by atoms with Crippen molar-refractivity contribution in [2.45, 2.75) is 58.5 Å². The fourth-order valence-electron chi connectivity index (χ4n) is 6.14. The second kappa shape index (κ2) is 4.29. The van der Waals surface area contributed by atoms with Crippen molar-refractivity contribution in [3.05, 3.63) is 35.6 Å². The number of hydrogen-bond donors (Lipinski definition) is 2. The van der Waals surface area contributed by atoms with Gasteiger partial charge < -0.3 is 10.2 Å². The average Bonchev–Trinajstić information content (AvgIpc) is 2.69. The van der Waals surface area contributed by atoms with Crippen LogP contribution in [0.25, 0.3) is 0 Å². The van der Waals surface area contributed by atoms with Gasteiger partial charge in [-0.3, -0.25) is 0 Å². The lowest BCUT2D eigenvalue weighted by atomic mass is 9.49. The van der Waals surface area contributed by atoms with Crippen molar-refractivity contribution < 1.29 is 10.2 Å². The normalized spacial score (nSPS) is 53.2. The SMILES string of the molecule is C[C@]12C=CCC(O)=C1C=C[C@@H]1[C@@H]2CC[C@@]2(C)[C@H]1CC[C@]2(C)O. The maximum atomic E-state index is 10.9. The van der Waals surface area contributed by atoms with Gasteiger partial charge in [0.25, 0.3) is 0 Å². The second-order valence-corrected chi connectivity index (χ2v) is 8.67. The molecule has 0 bridgehead atoms. The highest BCUT2D eigenvalue weighted by Gasteiger charge is 2.61. The van der Waals surface area contributed by atoms with Crippen LogP contribution in [0.2, 0.25) is 0 Å². The minimum atomic E-state index is -0.530. The Morgan fingerprint density at radius 2 is 1.82 bits per heavy atom. The van der Waals surface area contributed by atoms with Crippen LogP contribution < -0.4 is 0 Å². The summed E-state index contributed by atoms with van der Waals surface area (Å²) in [5.41, 5.74) is 0.608. The molecule has 0 aromatic heterocycles. The van der Waals surface area contributed by atoms with Gasteiger partial charge in [0.05, 0.1) is 5.60 Å². The maximum Gasteiger partial charge on any atom is 0.100 e. The van der Waals surface area contributed by atoms with E-state index >= 15 is 0 Å². The van der Waals surface area contributed by atoms with Crippen LogP contribution in [0.4, 0.5) is 0 Å². The van der Waals surface area contributed by atoms with E-state index in [-0.39, 0.29) is 10.8 Å². The van der Waals surface area contributed by atoms with Crippen LogP contribution in [-0.2, 0) is 0 Å². The molecule has 6 atom stereocenters. The van der Waals surface area contributed by atoms with Crippen LogP contribution in [0.1, 0.15) is 52.9 Å². The quantitative estimate of drug-likeness (QED) is 0.645.